The Hall–Kier alpha value is -5.56. The maximum atomic E-state index is 11.2. The fourth-order valence-corrected chi connectivity index (χ4v) is 2.50. The summed E-state index contributed by atoms with van der Waals surface area (Å²) in [6, 6.07) is 1.59. The van der Waals surface area contributed by atoms with Gasteiger partial charge in [0.1, 0.15) is 13.2 Å². The van der Waals surface area contributed by atoms with Crippen LogP contribution in [-0.4, -0.2) is 42.8 Å². The van der Waals surface area contributed by atoms with E-state index in [4.69, 9.17) is 9.47 Å². The molecule has 0 saturated heterocycles. The van der Waals surface area contributed by atoms with Crippen molar-refractivity contribution < 1.29 is 39.0 Å². The predicted octanol–water partition coefficient (Wildman–Crippen LogP) is 2.59. The number of nitrogens with zero attached hydrogens (tertiary/aromatic N) is 6. The van der Waals surface area contributed by atoms with E-state index in [0.29, 0.717) is 24.3 Å². The molecule has 0 N–H and O–H groups in total. The topological polar surface area (TPSA) is 277 Å². The molecule has 178 valence electrons. The zero-order valence-electron chi connectivity index (χ0n) is 16.1. The van der Waals surface area contributed by atoms with Crippen molar-refractivity contribution in [3.05, 3.63) is 85.0 Å². The second-order valence-electron chi connectivity index (χ2n) is 5.87. The van der Waals surface area contributed by atoms with Gasteiger partial charge in [-0.1, -0.05) is 0 Å². The SMILES string of the molecule is O=[N+]([O-])c1cc([N+](=O)[O-])c(OCCOc2c([N+](=O)[O-])cc([N+](=O)[O-])cc2[N+](=O)[O-])c([N+](=O)[O-])c1. The van der Waals surface area contributed by atoms with Crippen LogP contribution in [0.25, 0.3) is 0 Å². The summed E-state index contributed by atoms with van der Waals surface area (Å²) < 4.78 is 9.86. The molecule has 2 aromatic rings. The monoisotopic (exact) mass is 484 g/mol. The summed E-state index contributed by atoms with van der Waals surface area (Å²) in [4.78, 5) is 59.5. The van der Waals surface area contributed by atoms with Crippen LogP contribution in [0.2, 0.25) is 0 Å². The van der Waals surface area contributed by atoms with Gasteiger partial charge in [0.25, 0.3) is 22.9 Å². The molecule has 0 heterocycles. The Bertz CT molecular complexity index is 1080. The molecule has 20 heteroatoms. The number of benzene rings is 2. The number of nitro groups is 6. The first kappa shape index (κ1) is 24.7. The Morgan fingerprint density at radius 3 is 0.882 bits per heavy atom. The molecular weight excluding hydrogens is 476 g/mol. The lowest BCUT2D eigenvalue weighted by Gasteiger charge is -2.09. The second-order valence-corrected chi connectivity index (χ2v) is 5.87. The second kappa shape index (κ2) is 9.71. The van der Waals surface area contributed by atoms with Crippen LogP contribution in [0.4, 0.5) is 34.1 Å². The van der Waals surface area contributed by atoms with Gasteiger partial charge in [-0.15, -0.1) is 0 Å². The summed E-state index contributed by atoms with van der Waals surface area (Å²) in [5, 5.41) is 66.5. The molecule has 0 aromatic heterocycles. The Kier molecular flexibility index (Phi) is 7.06. The van der Waals surface area contributed by atoms with Crippen LogP contribution in [0.5, 0.6) is 11.5 Å². The summed E-state index contributed by atoms with van der Waals surface area (Å²) >= 11 is 0. The summed E-state index contributed by atoms with van der Waals surface area (Å²) in [6.07, 6.45) is 0. The lowest BCUT2D eigenvalue weighted by molar-refractivity contribution is -0.405. The Morgan fingerprint density at radius 1 is 0.471 bits per heavy atom. The number of nitro benzene ring substituents is 6. The molecule has 0 spiro atoms. The number of ether oxygens (including phenoxy) is 2. The van der Waals surface area contributed by atoms with Gasteiger partial charge in [-0.05, 0) is 0 Å². The largest absolute Gasteiger partial charge is 0.478 e. The summed E-state index contributed by atoms with van der Waals surface area (Å²) in [5.74, 6) is -2.01. The molecular formula is C14H8N6O14. The summed E-state index contributed by atoms with van der Waals surface area (Å²) in [6.45, 7) is -1.63. The van der Waals surface area contributed by atoms with Crippen molar-refractivity contribution in [2.24, 2.45) is 0 Å². The highest BCUT2D eigenvalue weighted by Gasteiger charge is 2.34. The fourth-order valence-electron chi connectivity index (χ4n) is 2.50. The van der Waals surface area contributed by atoms with E-state index in [1.54, 1.807) is 0 Å². The smallest absolute Gasteiger partial charge is 0.325 e. The molecule has 0 radical (unpaired) electrons. The van der Waals surface area contributed by atoms with Crippen molar-refractivity contribution in [2.75, 3.05) is 13.2 Å². The van der Waals surface area contributed by atoms with Gasteiger partial charge in [-0.25, -0.2) is 0 Å². The van der Waals surface area contributed by atoms with Crippen molar-refractivity contribution in [3.63, 3.8) is 0 Å². The van der Waals surface area contributed by atoms with Crippen molar-refractivity contribution >= 4 is 34.1 Å². The Morgan fingerprint density at radius 2 is 0.706 bits per heavy atom. The van der Waals surface area contributed by atoms with Crippen LogP contribution in [0.1, 0.15) is 0 Å². The molecule has 2 aromatic carbocycles. The molecule has 0 aliphatic carbocycles. The first-order valence-corrected chi connectivity index (χ1v) is 8.33. The van der Waals surface area contributed by atoms with Crippen LogP contribution >= 0.6 is 0 Å². The van der Waals surface area contributed by atoms with Crippen molar-refractivity contribution in [3.8, 4) is 11.5 Å². The van der Waals surface area contributed by atoms with Crippen LogP contribution < -0.4 is 9.47 Å². The first-order valence-electron chi connectivity index (χ1n) is 8.33. The van der Waals surface area contributed by atoms with Crippen molar-refractivity contribution in [1.29, 1.82) is 0 Å². The molecule has 2 rings (SSSR count). The van der Waals surface area contributed by atoms with Crippen molar-refractivity contribution in [2.45, 2.75) is 0 Å². The van der Waals surface area contributed by atoms with Gasteiger partial charge in [0.2, 0.25) is 0 Å². The Labute approximate surface area is 183 Å². The molecule has 0 atom stereocenters. The van der Waals surface area contributed by atoms with Gasteiger partial charge in [0.15, 0.2) is 0 Å². The maximum absolute atomic E-state index is 11.2. The van der Waals surface area contributed by atoms with E-state index in [2.05, 4.69) is 0 Å². The molecule has 0 saturated carbocycles. The van der Waals surface area contributed by atoms with Crippen LogP contribution in [0, 0.1) is 60.7 Å². The molecule has 20 nitrogen and oxygen atoms in total. The number of hydrogen-bond donors (Lipinski definition) is 0. The van der Waals surface area contributed by atoms with E-state index in [9.17, 15) is 60.7 Å². The molecule has 0 amide bonds. The standard InChI is InChI=1S/C14H8N6O14/c21-15(22)7-3-9(17(25)26)13(10(4-7)18(27)28)33-1-2-34-14-11(19(29)30)5-8(16(23)24)6-12(14)20(31)32/h3-6H,1-2H2. The number of hydrogen-bond acceptors (Lipinski definition) is 14. The third-order valence-electron chi connectivity index (χ3n) is 3.85. The van der Waals surface area contributed by atoms with Gasteiger partial charge < -0.3 is 9.47 Å². The van der Waals surface area contributed by atoms with Gasteiger partial charge in [0, 0.05) is 0 Å². The normalized spacial score (nSPS) is 10.2. The highest BCUT2D eigenvalue weighted by Crippen LogP contribution is 2.42. The van der Waals surface area contributed by atoms with E-state index < -0.39 is 88.4 Å². The fraction of sp³-hybridized carbons (Fsp3) is 0.143. The molecule has 34 heavy (non-hydrogen) atoms. The van der Waals surface area contributed by atoms with Crippen LogP contribution in [0.3, 0.4) is 0 Å². The molecule has 0 aliphatic heterocycles. The third-order valence-corrected chi connectivity index (χ3v) is 3.85. The first-order chi connectivity index (χ1) is 15.8. The average molecular weight is 484 g/mol. The molecule has 0 bridgehead atoms. The minimum atomic E-state index is -1.19. The third kappa shape index (κ3) is 5.19. The lowest BCUT2D eigenvalue weighted by atomic mass is 10.2. The molecule has 0 aliphatic rings. The predicted molar refractivity (Wildman–Crippen MR) is 104 cm³/mol. The summed E-state index contributed by atoms with van der Waals surface area (Å²) in [7, 11) is 0. The van der Waals surface area contributed by atoms with Crippen molar-refractivity contribution in [1.82, 2.24) is 0 Å². The van der Waals surface area contributed by atoms with E-state index in [-0.39, 0.29) is 0 Å². The van der Waals surface area contributed by atoms with Crippen LogP contribution in [0.15, 0.2) is 24.3 Å². The van der Waals surface area contributed by atoms with E-state index in [1.807, 2.05) is 0 Å². The zero-order valence-corrected chi connectivity index (χ0v) is 16.1. The van der Waals surface area contributed by atoms with Gasteiger partial charge in [-0.3, -0.25) is 60.7 Å². The number of rotatable bonds is 11. The van der Waals surface area contributed by atoms with E-state index in [1.165, 1.54) is 0 Å². The lowest BCUT2D eigenvalue weighted by Crippen LogP contribution is -2.13. The van der Waals surface area contributed by atoms with Gasteiger partial charge in [0.05, 0.1) is 53.8 Å². The van der Waals surface area contributed by atoms with Gasteiger partial charge >= 0.3 is 22.7 Å². The summed E-state index contributed by atoms with van der Waals surface area (Å²) in [5.41, 5.74) is -6.53. The zero-order chi connectivity index (χ0) is 25.7. The maximum Gasteiger partial charge on any atom is 0.325 e. The highest BCUT2D eigenvalue weighted by atomic mass is 16.7. The number of non-ortho nitro benzene ring substituents is 2. The van der Waals surface area contributed by atoms with Crippen LogP contribution in [-0.2, 0) is 0 Å². The highest BCUT2D eigenvalue weighted by molar-refractivity contribution is 5.66. The minimum Gasteiger partial charge on any atom is -0.478 e. The minimum absolute atomic E-state index is 0.398. The van der Waals surface area contributed by atoms with E-state index >= 15 is 0 Å². The van der Waals surface area contributed by atoms with E-state index in [0.717, 1.165) is 0 Å². The molecule has 0 unspecified atom stereocenters. The quantitative estimate of drug-likeness (QED) is 0.252. The van der Waals surface area contributed by atoms with Gasteiger partial charge in [-0.2, -0.15) is 0 Å². The average Bonchev–Trinajstić information content (AvgIpc) is 2.75. The Balaban J connectivity index is 2.38. The molecule has 0 fully saturated rings.